The van der Waals surface area contributed by atoms with Gasteiger partial charge >= 0.3 is 0 Å². The zero-order valence-electron chi connectivity index (χ0n) is 10.7. The van der Waals surface area contributed by atoms with Crippen LogP contribution in [0.15, 0.2) is 28.9 Å². The molecule has 0 aliphatic rings. The van der Waals surface area contributed by atoms with Crippen LogP contribution < -0.4 is 5.32 Å². The fourth-order valence-electron chi connectivity index (χ4n) is 1.29. The van der Waals surface area contributed by atoms with Crippen LogP contribution in [0.4, 0.5) is 0 Å². The molecule has 1 atom stereocenters. The van der Waals surface area contributed by atoms with Gasteiger partial charge in [0.1, 0.15) is 5.76 Å². The normalized spacial score (nSPS) is 14.6. The van der Waals surface area contributed by atoms with Crippen molar-refractivity contribution >= 4 is 23.7 Å². The van der Waals surface area contributed by atoms with E-state index in [2.05, 4.69) is 5.32 Å². The second kappa shape index (κ2) is 7.28. The Morgan fingerprint density at radius 1 is 1.67 bits per heavy atom. The third kappa shape index (κ3) is 5.93. The molecule has 4 nitrogen and oxygen atoms in total. The van der Waals surface area contributed by atoms with Crippen LogP contribution in [0, 0.1) is 0 Å². The molecular weight excluding hydrogens is 250 g/mol. The van der Waals surface area contributed by atoms with Crippen molar-refractivity contribution in [2.75, 3.05) is 18.6 Å². The number of furan rings is 1. The summed E-state index contributed by atoms with van der Waals surface area (Å²) < 4.78 is 5.06. The summed E-state index contributed by atoms with van der Waals surface area (Å²) in [5.74, 6) is 1.25. The van der Waals surface area contributed by atoms with E-state index in [1.165, 1.54) is 6.08 Å². The lowest BCUT2D eigenvalue weighted by Crippen LogP contribution is -2.40. The average Bonchev–Trinajstić information content (AvgIpc) is 2.84. The first-order valence-electron chi connectivity index (χ1n) is 5.74. The number of aliphatic hydroxyl groups is 1. The first kappa shape index (κ1) is 14.9. The summed E-state index contributed by atoms with van der Waals surface area (Å²) in [4.78, 5) is 11.5. The lowest BCUT2D eigenvalue weighted by Gasteiger charge is -2.22. The van der Waals surface area contributed by atoms with Gasteiger partial charge in [-0.3, -0.25) is 4.79 Å². The summed E-state index contributed by atoms with van der Waals surface area (Å²) in [7, 11) is 0. The summed E-state index contributed by atoms with van der Waals surface area (Å²) in [6.07, 6.45) is 7.16. The number of amides is 1. The molecule has 1 rings (SSSR count). The topological polar surface area (TPSA) is 62.5 Å². The third-order valence-corrected chi connectivity index (χ3v) is 3.04. The van der Waals surface area contributed by atoms with Crippen molar-refractivity contribution in [2.24, 2.45) is 0 Å². The molecular formula is C13H19NO3S. The molecule has 0 aromatic carbocycles. The quantitative estimate of drug-likeness (QED) is 0.742. The predicted octanol–water partition coefficient (Wildman–Crippen LogP) is 1.91. The van der Waals surface area contributed by atoms with Crippen molar-refractivity contribution in [3.63, 3.8) is 0 Å². The SMILES string of the molecule is CSCC[C@@](C)(O)CNC(=O)/C=C/c1ccco1. The summed E-state index contributed by atoms with van der Waals surface area (Å²) >= 11 is 1.67. The molecule has 0 aliphatic carbocycles. The maximum atomic E-state index is 11.5. The number of hydrogen-bond donors (Lipinski definition) is 2. The Morgan fingerprint density at radius 2 is 2.44 bits per heavy atom. The molecule has 0 bridgehead atoms. The molecule has 1 aromatic heterocycles. The number of thioether (sulfide) groups is 1. The van der Waals surface area contributed by atoms with E-state index in [-0.39, 0.29) is 12.5 Å². The Balaban J connectivity index is 2.32. The van der Waals surface area contributed by atoms with Crippen LogP contribution in [0.3, 0.4) is 0 Å². The van der Waals surface area contributed by atoms with Gasteiger partial charge in [-0.25, -0.2) is 0 Å². The van der Waals surface area contributed by atoms with Gasteiger partial charge in [-0.15, -0.1) is 0 Å². The van der Waals surface area contributed by atoms with Crippen LogP contribution in [-0.4, -0.2) is 35.2 Å². The van der Waals surface area contributed by atoms with Crippen LogP contribution in [-0.2, 0) is 4.79 Å². The van der Waals surface area contributed by atoms with Crippen LogP contribution >= 0.6 is 11.8 Å². The minimum atomic E-state index is -0.864. The fourth-order valence-corrected chi connectivity index (χ4v) is 1.93. The molecule has 100 valence electrons. The van der Waals surface area contributed by atoms with E-state index in [0.29, 0.717) is 12.2 Å². The summed E-state index contributed by atoms with van der Waals surface area (Å²) in [5.41, 5.74) is -0.864. The van der Waals surface area contributed by atoms with E-state index in [9.17, 15) is 9.90 Å². The smallest absolute Gasteiger partial charge is 0.244 e. The minimum Gasteiger partial charge on any atom is -0.465 e. The monoisotopic (exact) mass is 269 g/mol. The van der Waals surface area contributed by atoms with E-state index >= 15 is 0 Å². The molecule has 0 fully saturated rings. The minimum absolute atomic E-state index is 0.240. The van der Waals surface area contributed by atoms with Gasteiger partial charge in [0.2, 0.25) is 5.91 Å². The molecule has 1 amide bonds. The predicted molar refractivity (Wildman–Crippen MR) is 74.4 cm³/mol. The Bertz CT molecular complexity index is 385. The Morgan fingerprint density at radius 3 is 3.06 bits per heavy atom. The van der Waals surface area contributed by atoms with Gasteiger partial charge in [-0.05, 0) is 43.6 Å². The molecule has 1 heterocycles. The van der Waals surface area contributed by atoms with Gasteiger partial charge in [-0.2, -0.15) is 11.8 Å². The summed E-state index contributed by atoms with van der Waals surface area (Å²) in [6.45, 7) is 1.97. The molecule has 0 saturated heterocycles. The van der Waals surface area contributed by atoms with Gasteiger partial charge in [0, 0.05) is 12.6 Å². The number of hydrogen-bond acceptors (Lipinski definition) is 4. The molecule has 0 spiro atoms. The van der Waals surface area contributed by atoms with Crippen molar-refractivity contribution in [2.45, 2.75) is 18.9 Å². The highest BCUT2D eigenvalue weighted by Gasteiger charge is 2.19. The lowest BCUT2D eigenvalue weighted by molar-refractivity contribution is -0.117. The molecule has 5 heteroatoms. The van der Waals surface area contributed by atoms with E-state index in [1.807, 2.05) is 6.26 Å². The number of carbonyl (C=O) groups is 1. The second-order valence-corrected chi connectivity index (χ2v) is 5.29. The largest absolute Gasteiger partial charge is 0.465 e. The van der Waals surface area contributed by atoms with E-state index in [1.54, 1.807) is 43.2 Å². The van der Waals surface area contributed by atoms with E-state index in [4.69, 9.17) is 4.42 Å². The van der Waals surface area contributed by atoms with Crippen molar-refractivity contribution in [1.82, 2.24) is 5.32 Å². The van der Waals surface area contributed by atoms with Crippen molar-refractivity contribution < 1.29 is 14.3 Å². The van der Waals surface area contributed by atoms with Crippen molar-refractivity contribution in [1.29, 1.82) is 0 Å². The molecule has 0 unspecified atom stereocenters. The van der Waals surface area contributed by atoms with Gasteiger partial charge in [0.25, 0.3) is 0 Å². The molecule has 0 aliphatic heterocycles. The number of rotatable bonds is 7. The Labute approximate surface area is 111 Å². The summed E-state index contributed by atoms with van der Waals surface area (Å²) in [6, 6.07) is 3.52. The first-order valence-corrected chi connectivity index (χ1v) is 7.14. The Kier molecular flexibility index (Phi) is 6.01. The van der Waals surface area contributed by atoms with Crippen LogP contribution in [0.1, 0.15) is 19.1 Å². The highest BCUT2D eigenvalue weighted by atomic mass is 32.2. The lowest BCUT2D eigenvalue weighted by atomic mass is 10.0. The third-order valence-electron chi connectivity index (χ3n) is 2.43. The molecule has 18 heavy (non-hydrogen) atoms. The van der Waals surface area contributed by atoms with Crippen LogP contribution in [0.5, 0.6) is 0 Å². The van der Waals surface area contributed by atoms with Gasteiger partial charge in [0.15, 0.2) is 0 Å². The van der Waals surface area contributed by atoms with Gasteiger partial charge in [0.05, 0.1) is 11.9 Å². The molecule has 0 saturated carbocycles. The van der Waals surface area contributed by atoms with Crippen LogP contribution in [0.25, 0.3) is 6.08 Å². The number of carbonyl (C=O) groups excluding carboxylic acids is 1. The highest BCUT2D eigenvalue weighted by Crippen LogP contribution is 2.11. The average molecular weight is 269 g/mol. The molecule has 2 N–H and O–H groups in total. The first-order chi connectivity index (χ1) is 8.53. The van der Waals surface area contributed by atoms with Gasteiger partial charge in [-0.1, -0.05) is 0 Å². The number of nitrogens with one attached hydrogen (secondary N) is 1. The maximum absolute atomic E-state index is 11.5. The molecule has 1 aromatic rings. The molecule has 0 radical (unpaired) electrons. The zero-order chi connectivity index (χ0) is 13.4. The van der Waals surface area contributed by atoms with Crippen molar-refractivity contribution in [3.05, 3.63) is 30.2 Å². The Hall–Kier alpha value is -1.20. The maximum Gasteiger partial charge on any atom is 0.244 e. The summed E-state index contributed by atoms with van der Waals surface area (Å²) in [5, 5.41) is 12.6. The van der Waals surface area contributed by atoms with Crippen molar-refractivity contribution in [3.8, 4) is 0 Å². The fraction of sp³-hybridized carbons (Fsp3) is 0.462. The van der Waals surface area contributed by atoms with Gasteiger partial charge < -0.3 is 14.8 Å². The standard InChI is InChI=1S/C13H19NO3S/c1-13(16,7-9-18-2)10-14-12(15)6-5-11-4-3-8-17-11/h3-6,8,16H,7,9-10H2,1-2H3,(H,14,15)/b6-5+/t13-/m1/s1. The van der Waals surface area contributed by atoms with Crippen LogP contribution in [0.2, 0.25) is 0 Å². The van der Waals surface area contributed by atoms with E-state index in [0.717, 1.165) is 5.75 Å². The highest BCUT2D eigenvalue weighted by molar-refractivity contribution is 7.98. The van der Waals surface area contributed by atoms with E-state index < -0.39 is 5.60 Å². The second-order valence-electron chi connectivity index (χ2n) is 4.31. The zero-order valence-corrected chi connectivity index (χ0v) is 11.5.